The molecule has 84 valence electrons. The standard InChI is InChI=1S/C13H20N.ClH/c1-4-14(5-2,6-3)12-13-10-8-7-9-11-13;/h4,7-11H,1,5-6,12H2,2-3H3;1H/q+1;/p-1. The smallest absolute Gasteiger partial charge is 0.109 e. The summed E-state index contributed by atoms with van der Waals surface area (Å²) in [7, 11) is 0. The van der Waals surface area contributed by atoms with Crippen molar-refractivity contribution in [3.63, 3.8) is 0 Å². The van der Waals surface area contributed by atoms with E-state index < -0.39 is 0 Å². The number of halogens is 1. The average Bonchev–Trinajstić information content (AvgIpc) is 2.28. The fourth-order valence-corrected chi connectivity index (χ4v) is 1.72. The molecular formula is C13H20ClN. The molecule has 0 spiro atoms. The van der Waals surface area contributed by atoms with E-state index >= 15 is 0 Å². The first-order chi connectivity index (χ1) is 6.76. The number of nitrogens with zero attached hydrogens (tertiary/aromatic N) is 1. The van der Waals surface area contributed by atoms with Crippen LogP contribution in [0.1, 0.15) is 19.4 Å². The summed E-state index contributed by atoms with van der Waals surface area (Å²) in [4.78, 5) is 0. The molecule has 15 heavy (non-hydrogen) atoms. The minimum Gasteiger partial charge on any atom is -1.00 e. The van der Waals surface area contributed by atoms with Crippen LogP contribution in [-0.2, 0) is 6.54 Å². The van der Waals surface area contributed by atoms with Crippen molar-refractivity contribution in [1.29, 1.82) is 0 Å². The van der Waals surface area contributed by atoms with Crippen molar-refractivity contribution in [1.82, 2.24) is 0 Å². The lowest BCUT2D eigenvalue weighted by Crippen LogP contribution is -3.00. The second-order valence-electron chi connectivity index (χ2n) is 3.68. The molecule has 0 unspecified atom stereocenters. The summed E-state index contributed by atoms with van der Waals surface area (Å²) in [5.41, 5.74) is 1.39. The summed E-state index contributed by atoms with van der Waals surface area (Å²) in [6, 6.07) is 10.6. The number of hydrogen-bond donors (Lipinski definition) is 0. The molecule has 0 aliphatic heterocycles. The summed E-state index contributed by atoms with van der Waals surface area (Å²) in [6.45, 7) is 11.6. The zero-order valence-corrected chi connectivity index (χ0v) is 10.4. The molecule has 0 amide bonds. The van der Waals surface area contributed by atoms with Gasteiger partial charge >= 0.3 is 0 Å². The summed E-state index contributed by atoms with van der Waals surface area (Å²) >= 11 is 0. The van der Waals surface area contributed by atoms with Gasteiger partial charge in [-0.1, -0.05) is 30.3 Å². The van der Waals surface area contributed by atoms with E-state index in [1.165, 1.54) is 5.56 Å². The van der Waals surface area contributed by atoms with Crippen LogP contribution < -0.4 is 12.4 Å². The lowest BCUT2D eigenvalue weighted by molar-refractivity contribution is -0.889. The molecule has 1 aromatic rings. The molecule has 0 bridgehead atoms. The fraction of sp³-hybridized carbons (Fsp3) is 0.385. The maximum Gasteiger partial charge on any atom is 0.109 e. The van der Waals surface area contributed by atoms with Crippen LogP contribution in [0.5, 0.6) is 0 Å². The molecule has 0 saturated heterocycles. The van der Waals surface area contributed by atoms with Gasteiger partial charge in [-0.05, 0) is 20.4 Å². The average molecular weight is 226 g/mol. The SMILES string of the molecule is C=C[N+](CC)(CC)Cc1ccccc1.[Cl-]. The van der Waals surface area contributed by atoms with Crippen LogP contribution in [0.3, 0.4) is 0 Å². The fourth-order valence-electron chi connectivity index (χ4n) is 1.72. The van der Waals surface area contributed by atoms with Gasteiger partial charge in [0.25, 0.3) is 0 Å². The molecule has 0 aromatic heterocycles. The van der Waals surface area contributed by atoms with Gasteiger partial charge in [0.1, 0.15) is 6.54 Å². The highest BCUT2D eigenvalue weighted by molar-refractivity contribution is 5.13. The zero-order valence-electron chi connectivity index (χ0n) is 9.62. The van der Waals surface area contributed by atoms with Crippen molar-refractivity contribution >= 4 is 0 Å². The second kappa shape index (κ2) is 6.65. The van der Waals surface area contributed by atoms with Crippen molar-refractivity contribution in [2.45, 2.75) is 20.4 Å². The van der Waals surface area contributed by atoms with Crippen LogP contribution in [-0.4, -0.2) is 17.6 Å². The molecular weight excluding hydrogens is 206 g/mol. The van der Waals surface area contributed by atoms with Gasteiger partial charge in [-0.25, -0.2) is 0 Å². The predicted octanol–water partition coefficient (Wildman–Crippen LogP) is 0.191. The minimum absolute atomic E-state index is 0. The topological polar surface area (TPSA) is 0 Å². The quantitative estimate of drug-likeness (QED) is 0.628. The van der Waals surface area contributed by atoms with Gasteiger partial charge in [-0.3, -0.25) is 4.48 Å². The molecule has 1 nitrogen and oxygen atoms in total. The Morgan fingerprint density at radius 1 is 1.13 bits per heavy atom. The number of quaternary nitrogens is 1. The molecule has 0 radical (unpaired) electrons. The third kappa shape index (κ3) is 3.69. The van der Waals surface area contributed by atoms with E-state index in [1.807, 2.05) is 0 Å². The van der Waals surface area contributed by atoms with Crippen LogP contribution in [0.2, 0.25) is 0 Å². The van der Waals surface area contributed by atoms with Crippen LogP contribution in [0.15, 0.2) is 43.1 Å². The molecule has 0 atom stereocenters. The maximum atomic E-state index is 3.94. The van der Waals surface area contributed by atoms with Crippen molar-refractivity contribution in [2.75, 3.05) is 13.1 Å². The Balaban J connectivity index is 0.00000196. The van der Waals surface area contributed by atoms with Gasteiger partial charge in [0.05, 0.1) is 19.3 Å². The Morgan fingerprint density at radius 2 is 1.67 bits per heavy atom. The Hall–Kier alpha value is -0.790. The summed E-state index contributed by atoms with van der Waals surface area (Å²) in [6.07, 6.45) is 2.06. The zero-order chi connectivity index (χ0) is 10.4. The second-order valence-corrected chi connectivity index (χ2v) is 3.68. The number of benzene rings is 1. The molecule has 2 heteroatoms. The van der Waals surface area contributed by atoms with Crippen LogP contribution in [0.4, 0.5) is 0 Å². The lowest BCUT2D eigenvalue weighted by atomic mass is 10.2. The Bertz CT molecular complexity index is 278. The molecule has 0 aliphatic carbocycles. The Kier molecular flexibility index (Phi) is 6.30. The summed E-state index contributed by atoms with van der Waals surface area (Å²) in [5.74, 6) is 0. The van der Waals surface area contributed by atoms with Crippen molar-refractivity contribution in [3.05, 3.63) is 48.7 Å². The van der Waals surface area contributed by atoms with Gasteiger partial charge in [0, 0.05) is 5.56 Å². The Morgan fingerprint density at radius 3 is 2.07 bits per heavy atom. The largest absolute Gasteiger partial charge is 1.00 e. The van der Waals surface area contributed by atoms with Crippen molar-refractivity contribution in [3.8, 4) is 0 Å². The van der Waals surface area contributed by atoms with E-state index in [-0.39, 0.29) is 12.4 Å². The van der Waals surface area contributed by atoms with Gasteiger partial charge in [0.15, 0.2) is 0 Å². The monoisotopic (exact) mass is 225 g/mol. The van der Waals surface area contributed by atoms with E-state index in [0.29, 0.717) is 0 Å². The first kappa shape index (κ1) is 14.2. The number of rotatable bonds is 5. The third-order valence-corrected chi connectivity index (χ3v) is 2.99. The van der Waals surface area contributed by atoms with Crippen molar-refractivity contribution in [2.24, 2.45) is 0 Å². The van der Waals surface area contributed by atoms with Crippen LogP contribution >= 0.6 is 0 Å². The third-order valence-electron chi connectivity index (χ3n) is 2.99. The minimum atomic E-state index is 0. The van der Waals surface area contributed by atoms with E-state index in [0.717, 1.165) is 24.1 Å². The molecule has 1 rings (SSSR count). The molecule has 0 N–H and O–H groups in total. The molecule has 0 heterocycles. The van der Waals surface area contributed by atoms with Gasteiger partial charge in [0.2, 0.25) is 0 Å². The molecule has 0 fully saturated rings. The Labute approximate surface area is 99.4 Å². The van der Waals surface area contributed by atoms with Gasteiger partial charge in [-0.2, -0.15) is 0 Å². The van der Waals surface area contributed by atoms with E-state index in [2.05, 4.69) is 57.0 Å². The first-order valence-electron chi connectivity index (χ1n) is 5.29. The summed E-state index contributed by atoms with van der Waals surface area (Å²) < 4.78 is 0.962. The highest BCUT2D eigenvalue weighted by Gasteiger charge is 2.19. The molecule has 0 aliphatic rings. The van der Waals surface area contributed by atoms with Crippen LogP contribution in [0.25, 0.3) is 0 Å². The van der Waals surface area contributed by atoms with Crippen molar-refractivity contribution < 1.29 is 16.9 Å². The predicted molar refractivity (Wildman–Crippen MR) is 61.7 cm³/mol. The lowest BCUT2D eigenvalue weighted by Gasteiger charge is -2.32. The van der Waals surface area contributed by atoms with Gasteiger partial charge in [-0.15, -0.1) is 0 Å². The van der Waals surface area contributed by atoms with E-state index in [4.69, 9.17) is 0 Å². The molecule has 0 saturated carbocycles. The van der Waals surface area contributed by atoms with Crippen LogP contribution in [0, 0.1) is 0 Å². The maximum absolute atomic E-state index is 3.94. The van der Waals surface area contributed by atoms with E-state index in [1.54, 1.807) is 0 Å². The highest BCUT2D eigenvalue weighted by Crippen LogP contribution is 2.14. The van der Waals surface area contributed by atoms with E-state index in [9.17, 15) is 0 Å². The summed E-state index contributed by atoms with van der Waals surface area (Å²) in [5, 5.41) is 0. The normalized spacial score (nSPS) is 10.5. The van der Waals surface area contributed by atoms with Gasteiger partial charge < -0.3 is 12.4 Å². The first-order valence-corrected chi connectivity index (χ1v) is 5.29. The number of hydrogen-bond acceptors (Lipinski definition) is 0. The molecule has 1 aromatic carbocycles. The highest BCUT2D eigenvalue weighted by atomic mass is 35.5.